The summed E-state index contributed by atoms with van der Waals surface area (Å²) in [6.45, 7) is 2.25. The number of allylic oxidation sites excluding steroid dienone is 2. The fraction of sp³-hybridized carbons (Fsp3) is 0.850. The molecule has 0 aliphatic rings. The van der Waals surface area contributed by atoms with E-state index < -0.39 is 15.3 Å². The van der Waals surface area contributed by atoms with Gasteiger partial charge in [0.15, 0.2) is 0 Å². The van der Waals surface area contributed by atoms with Gasteiger partial charge in [0.2, 0.25) is 0 Å². The smallest absolute Gasteiger partial charge is 0.306 e. The summed E-state index contributed by atoms with van der Waals surface area (Å²) in [6, 6.07) is 0. The van der Waals surface area contributed by atoms with Crippen LogP contribution in [-0.2, 0) is 4.79 Å². The number of hydrogen-bond donors (Lipinski definition) is 4. The quantitative estimate of drug-likeness (QED) is 0.0894. The van der Waals surface area contributed by atoms with Crippen molar-refractivity contribution >= 4 is 43.9 Å². The summed E-state index contributed by atoms with van der Waals surface area (Å²) < 4.78 is -0.816. The first-order valence-electron chi connectivity index (χ1n) is 9.91. The van der Waals surface area contributed by atoms with Gasteiger partial charge in [0.1, 0.15) is 0 Å². The van der Waals surface area contributed by atoms with Gasteiger partial charge in [-0.25, -0.2) is 0 Å². The Hall–Kier alpha value is 0.260. The van der Waals surface area contributed by atoms with Gasteiger partial charge in [-0.2, -0.15) is 37.9 Å². The van der Waals surface area contributed by atoms with Crippen LogP contribution in [0.3, 0.4) is 0 Å². The van der Waals surface area contributed by atoms with Crippen LogP contribution in [-0.4, -0.2) is 14.5 Å². The highest BCUT2D eigenvalue weighted by atomic mass is 32.2. The van der Waals surface area contributed by atoms with Crippen molar-refractivity contribution in [2.24, 2.45) is 5.92 Å². The van der Waals surface area contributed by atoms with Gasteiger partial charge in [-0.15, -0.1) is 0 Å². The van der Waals surface area contributed by atoms with Crippen molar-refractivity contribution in [2.75, 3.05) is 0 Å². The molecule has 5 heteroatoms. The van der Waals surface area contributed by atoms with Crippen LogP contribution < -0.4 is 0 Å². The first kappa shape index (κ1) is 25.3. The Labute approximate surface area is 171 Å². The lowest BCUT2D eigenvalue weighted by Crippen LogP contribution is -2.20. The van der Waals surface area contributed by atoms with Crippen LogP contribution in [0.5, 0.6) is 0 Å². The number of hydrogen-bond acceptors (Lipinski definition) is 4. The van der Waals surface area contributed by atoms with Crippen molar-refractivity contribution in [3.05, 3.63) is 12.2 Å². The molecule has 0 aromatic carbocycles. The fourth-order valence-electron chi connectivity index (χ4n) is 2.93. The normalized spacial score (nSPS) is 13.4. The van der Waals surface area contributed by atoms with Crippen LogP contribution in [0, 0.1) is 5.92 Å². The predicted molar refractivity (Wildman–Crippen MR) is 120 cm³/mol. The van der Waals surface area contributed by atoms with Gasteiger partial charge < -0.3 is 5.11 Å². The van der Waals surface area contributed by atoms with E-state index in [4.69, 9.17) is 0 Å². The lowest BCUT2D eigenvalue weighted by molar-refractivity contribution is -0.142. The summed E-state index contributed by atoms with van der Waals surface area (Å²) in [7, 11) is 0. The van der Waals surface area contributed by atoms with Crippen molar-refractivity contribution in [3.8, 4) is 0 Å². The van der Waals surface area contributed by atoms with Gasteiger partial charge in [-0.3, -0.25) is 4.79 Å². The lowest BCUT2D eigenvalue weighted by atomic mass is 9.98. The number of carboxylic acid groups (broad SMARTS) is 1. The van der Waals surface area contributed by atoms with Crippen LogP contribution >= 0.6 is 37.9 Å². The average Bonchev–Trinajstić information content (AvgIpc) is 2.52. The van der Waals surface area contributed by atoms with Crippen LogP contribution in [0.15, 0.2) is 12.2 Å². The fourth-order valence-corrected chi connectivity index (χ4v) is 3.59. The lowest BCUT2D eigenvalue weighted by Gasteiger charge is -2.20. The molecule has 0 aromatic rings. The molecular weight excluding hydrogens is 368 g/mol. The Balaban J connectivity index is 3.50. The number of carbonyl (C=O) groups is 1. The van der Waals surface area contributed by atoms with Crippen LogP contribution in [0.4, 0.5) is 0 Å². The number of aliphatic carboxylic acids is 1. The molecule has 0 aliphatic carbocycles. The highest BCUT2D eigenvalue weighted by Crippen LogP contribution is 2.34. The third-order valence-corrected chi connectivity index (χ3v) is 4.98. The molecule has 0 heterocycles. The first-order chi connectivity index (χ1) is 11.9. The van der Waals surface area contributed by atoms with Crippen molar-refractivity contribution in [3.63, 3.8) is 0 Å². The number of rotatable bonds is 17. The highest BCUT2D eigenvalue weighted by Gasteiger charge is 2.26. The Kier molecular flexibility index (Phi) is 16.6. The zero-order valence-electron chi connectivity index (χ0n) is 15.8. The van der Waals surface area contributed by atoms with Crippen molar-refractivity contribution in [2.45, 2.75) is 100 Å². The topological polar surface area (TPSA) is 37.3 Å². The van der Waals surface area contributed by atoms with E-state index in [1.54, 1.807) is 0 Å². The molecule has 1 N–H and O–H groups in total. The van der Waals surface area contributed by atoms with Crippen molar-refractivity contribution in [1.82, 2.24) is 0 Å². The van der Waals surface area contributed by atoms with Crippen LogP contribution in [0.1, 0.15) is 96.8 Å². The molecule has 0 bridgehead atoms. The van der Waals surface area contributed by atoms with Gasteiger partial charge in [0.05, 0.1) is 9.33 Å². The van der Waals surface area contributed by atoms with E-state index in [0.29, 0.717) is 12.8 Å². The summed E-state index contributed by atoms with van der Waals surface area (Å²) >= 11 is 12.6. The molecular formula is C20H38O2S3. The van der Waals surface area contributed by atoms with Gasteiger partial charge in [0, 0.05) is 0 Å². The number of carboxylic acids is 1. The molecule has 0 saturated heterocycles. The monoisotopic (exact) mass is 406 g/mol. The molecule has 0 spiro atoms. The maximum atomic E-state index is 11.2. The third-order valence-electron chi connectivity index (χ3n) is 4.43. The predicted octanol–water partition coefficient (Wildman–Crippen LogP) is 7.17. The molecule has 0 amide bonds. The second-order valence-corrected chi connectivity index (χ2v) is 10.4. The van der Waals surface area contributed by atoms with Crippen molar-refractivity contribution < 1.29 is 9.90 Å². The summed E-state index contributed by atoms with van der Waals surface area (Å²) in [5.74, 6) is -1.16. The molecule has 0 fully saturated rings. The average molecular weight is 407 g/mol. The van der Waals surface area contributed by atoms with E-state index in [2.05, 4.69) is 57.0 Å². The molecule has 25 heavy (non-hydrogen) atoms. The minimum atomic E-state index is -0.816. The van der Waals surface area contributed by atoms with E-state index in [9.17, 15) is 9.90 Å². The largest absolute Gasteiger partial charge is 0.481 e. The molecule has 148 valence electrons. The Bertz CT molecular complexity index is 351. The van der Waals surface area contributed by atoms with E-state index in [0.717, 1.165) is 19.3 Å². The van der Waals surface area contributed by atoms with E-state index >= 15 is 0 Å². The Morgan fingerprint density at radius 2 is 1.36 bits per heavy atom. The SMILES string of the molecule is CCCCCCCCC=CCCCCCCC(CC(S)(S)S)C(=O)O. The summed E-state index contributed by atoms with van der Waals surface area (Å²) in [6.07, 6.45) is 20.6. The van der Waals surface area contributed by atoms with Crippen LogP contribution in [0.25, 0.3) is 0 Å². The second-order valence-electron chi connectivity index (χ2n) is 7.03. The molecule has 0 aromatic heterocycles. The van der Waals surface area contributed by atoms with Gasteiger partial charge in [0.25, 0.3) is 0 Å². The van der Waals surface area contributed by atoms with Gasteiger partial charge in [-0.1, -0.05) is 70.4 Å². The number of unbranched alkanes of at least 4 members (excludes halogenated alkanes) is 10. The maximum absolute atomic E-state index is 11.2. The van der Waals surface area contributed by atoms with Gasteiger partial charge in [-0.05, 0) is 38.5 Å². The maximum Gasteiger partial charge on any atom is 0.306 e. The second kappa shape index (κ2) is 16.4. The molecule has 1 unspecified atom stereocenters. The molecule has 0 radical (unpaired) electrons. The zero-order valence-corrected chi connectivity index (χ0v) is 18.5. The van der Waals surface area contributed by atoms with Crippen LogP contribution in [0.2, 0.25) is 0 Å². The Morgan fingerprint density at radius 1 is 0.880 bits per heavy atom. The molecule has 0 aliphatic heterocycles. The summed E-state index contributed by atoms with van der Waals surface area (Å²) in [5.41, 5.74) is 0. The molecule has 1 atom stereocenters. The van der Waals surface area contributed by atoms with Crippen molar-refractivity contribution in [1.29, 1.82) is 0 Å². The summed E-state index contributed by atoms with van der Waals surface area (Å²) in [5, 5.41) is 9.23. The number of thiol groups is 3. The third kappa shape index (κ3) is 18.8. The van der Waals surface area contributed by atoms with Gasteiger partial charge >= 0.3 is 5.97 Å². The summed E-state index contributed by atoms with van der Waals surface area (Å²) in [4.78, 5) is 11.2. The molecule has 0 rings (SSSR count). The van der Waals surface area contributed by atoms with E-state index in [1.165, 1.54) is 57.8 Å². The molecule has 2 nitrogen and oxygen atoms in total. The van der Waals surface area contributed by atoms with E-state index in [1.807, 2.05) is 0 Å². The molecule has 0 saturated carbocycles. The standard InChI is InChI=1S/C20H38O2S3/c1-2-3-4-5-6-7-8-9-10-11-12-13-14-15-16-18(19(21)22)17-20(23,24)25/h9-10,18,23-25H,2-8,11-17H2,1H3,(H,21,22). The first-order valence-corrected chi connectivity index (χ1v) is 11.3. The zero-order chi connectivity index (χ0) is 19.0. The van der Waals surface area contributed by atoms with E-state index in [-0.39, 0.29) is 0 Å². The Morgan fingerprint density at radius 3 is 1.84 bits per heavy atom. The highest BCUT2D eigenvalue weighted by molar-refractivity contribution is 8.16. The minimum absolute atomic E-state index is 0.374. The minimum Gasteiger partial charge on any atom is -0.481 e.